The van der Waals surface area contributed by atoms with Gasteiger partial charge in [-0.1, -0.05) is 11.8 Å². The molecule has 0 unspecified atom stereocenters. The lowest BCUT2D eigenvalue weighted by atomic mass is 10.2. The molecule has 0 saturated carbocycles. The van der Waals surface area contributed by atoms with Crippen molar-refractivity contribution in [3.05, 3.63) is 29.8 Å². The van der Waals surface area contributed by atoms with Gasteiger partial charge in [0.15, 0.2) is 0 Å². The molecule has 0 radical (unpaired) electrons. The van der Waals surface area contributed by atoms with Gasteiger partial charge in [-0.3, -0.25) is 4.79 Å². The molecule has 0 aromatic heterocycles. The Morgan fingerprint density at radius 3 is 2.35 bits per heavy atom. The molecule has 1 heterocycles. The fraction of sp³-hybridized carbons (Fsp3) is 0.500. The van der Waals surface area contributed by atoms with Crippen molar-refractivity contribution in [1.29, 1.82) is 0 Å². The van der Waals surface area contributed by atoms with E-state index in [1.54, 1.807) is 4.90 Å². The van der Waals surface area contributed by atoms with Crippen molar-refractivity contribution >= 4 is 27.7 Å². The summed E-state index contributed by atoms with van der Waals surface area (Å²) in [5.74, 6) is -2.71. The number of carbonyl (C=O) groups is 1. The number of carbonyl (C=O) groups excluding carboxylic acids is 1. The molecule has 0 N–H and O–H groups in total. The molecule has 9 heteroatoms. The lowest BCUT2D eigenvalue weighted by Crippen LogP contribution is -2.36. The van der Waals surface area contributed by atoms with E-state index in [-0.39, 0.29) is 12.5 Å². The van der Waals surface area contributed by atoms with Crippen molar-refractivity contribution in [2.45, 2.75) is 17.1 Å². The summed E-state index contributed by atoms with van der Waals surface area (Å²) >= 11 is 0.429. The van der Waals surface area contributed by atoms with E-state index in [4.69, 9.17) is 0 Å². The third-order valence-corrected chi connectivity index (χ3v) is 5.56. The summed E-state index contributed by atoms with van der Waals surface area (Å²) in [7, 11) is -3.26. The van der Waals surface area contributed by atoms with Gasteiger partial charge in [-0.25, -0.2) is 12.7 Å². The fourth-order valence-electron chi connectivity index (χ4n) is 2.39. The van der Waals surface area contributed by atoms with Gasteiger partial charge >= 0.3 is 0 Å². The van der Waals surface area contributed by atoms with Gasteiger partial charge in [0.2, 0.25) is 10.0 Å². The van der Waals surface area contributed by atoms with Crippen LogP contribution in [0, 0.1) is 0 Å². The zero-order valence-electron chi connectivity index (χ0n) is 12.6. The molecule has 0 bridgehead atoms. The first-order chi connectivity index (χ1) is 10.8. The Bertz CT molecular complexity index is 650. The maximum atomic E-state index is 12.4. The molecule has 1 saturated heterocycles. The maximum absolute atomic E-state index is 12.4. The van der Waals surface area contributed by atoms with E-state index in [1.165, 1.54) is 28.6 Å². The fourth-order valence-corrected chi connectivity index (χ4v) is 3.76. The largest absolute Gasteiger partial charge is 0.337 e. The van der Waals surface area contributed by atoms with Crippen LogP contribution in [0.3, 0.4) is 0 Å². The highest BCUT2D eigenvalue weighted by Crippen LogP contribution is 2.25. The van der Waals surface area contributed by atoms with E-state index in [1.807, 2.05) is 0 Å². The number of benzene rings is 1. The zero-order chi connectivity index (χ0) is 17.0. The minimum absolute atomic E-state index is 0.214. The third kappa shape index (κ3) is 5.15. The standard InChI is InChI=1S/C14H18F2N2O3S2/c1-23(20,21)18-8-2-7-17(9-10-18)13(19)11-3-5-12(6-4-11)22-14(15)16/h3-6,14H,2,7-10H2,1H3. The van der Waals surface area contributed by atoms with Gasteiger partial charge in [-0.2, -0.15) is 8.78 Å². The molecule has 1 aromatic rings. The van der Waals surface area contributed by atoms with Gasteiger partial charge in [0.05, 0.1) is 6.26 Å². The Hall–Kier alpha value is -1.19. The molecule has 5 nitrogen and oxygen atoms in total. The third-order valence-electron chi connectivity index (χ3n) is 3.54. The molecule has 128 valence electrons. The summed E-state index contributed by atoms with van der Waals surface area (Å²) in [6.45, 7) is 1.45. The van der Waals surface area contributed by atoms with Crippen LogP contribution in [0.2, 0.25) is 0 Å². The Balaban J connectivity index is 2.03. The number of rotatable bonds is 4. The van der Waals surface area contributed by atoms with Crippen LogP contribution in [-0.2, 0) is 10.0 Å². The highest BCUT2D eigenvalue weighted by molar-refractivity contribution is 7.99. The SMILES string of the molecule is CS(=O)(=O)N1CCCN(C(=O)c2ccc(SC(F)F)cc2)CC1. The first kappa shape index (κ1) is 18.2. The van der Waals surface area contributed by atoms with Crippen molar-refractivity contribution in [3.8, 4) is 0 Å². The summed E-state index contributed by atoms with van der Waals surface area (Å²) in [6.07, 6.45) is 1.72. The number of hydrogen-bond acceptors (Lipinski definition) is 4. The number of alkyl halides is 2. The predicted octanol–water partition coefficient (Wildman–Crippen LogP) is 2.11. The van der Waals surface area contributed by atoms with E-state index >= 15 is 0 Å². The molecule has 0 spiro atoms. The minimum atomic E-state index is -3.26. The van der Waals surface area contributed by atoms with E-state index in [0.717, 1.165) is 6.26 Å². The second kappa shape index (κ2) is 7.59. The van der Waals surface area contributed by atoms with Crippen LogP contribution in [0.5, 0.6) is 0 Å². The Labute approximate surface area is 138 Å². The Morgan fingerprint density at radius 1 is 1.13 bits per heavy atom. The predicted molar refractivity (Wildman–Crippen MR) is 85.2 cm³/mol. The van der Waals surface area contributed by atoms with E-state index in [0.29, 0.717) is 48.3 Å². The van der Waals surface area contributed by atoms with E-state index < -0.39 is 15.8 Å². The molecule has 1 aromatic carbocycles. The van der Waals surface area contributed by atoms with Crippen molar-refractivity contribution < 1.29 is 22.0 Å². The van der Waals surface area contributed by atoms with Crippen molar-refractivity contribution in [2.75, 3.05) is 32.4 Å². The summed E-state index contributed by atoms with van der Waals surface area (Å²) in [5, 5.41) is 0. The average Bonchev–Trinajstić information content (AvgIpc) is 2.72. The highest BCUT2D eigenvalue weighted by Gasteiger charge is 2.24. The number of hydrogen-bond donors (Lipinski definition) is 0. The monoisotopic (exact) mass is 364 g/mol. The first-order valence-corrected chi connectivity index (χ1v) is 9.79. The highest BCUT2D eigenvalue weighted by atomic mass is 32.2. The van der Waals surface area contributed by atoms with E-state index in [2.05, 4.69) is 0 Å². The second-order valence-electron chi connectivity index (χ2n) is 5.21. The smallest absolute Gasteiger partial charge is 0.288 e. The first-order valence-electron chi connectivity index (χ1n) is 7.06. The number of sulfonamides is 1. The second-order valence-corrected chi connectivity index (χ2v) is 8.26. The topological polar surface area (TPSA) is 57.7 Å². The number of amides is 1. The summed E-state index contributed by atoms with van der Waals surface area (Å²) in [4.78, 5) is 14.4. The number of nitrogens with zero attached hydrogens (tertiary/aromatic N) is 2. The van der Waals surface area contributed by atoms with Gasteiger partial charge in [0, 0.05) is 36.6 Å². The molecule has 1 amide bonds. The van der Waals surface area contributed by atoms with Gasteiger partial charge in [0.1, 0.15) is 0 Å². The molecular weight excluding hydrogens is 346 g/mol. The molecular formula is C14H18F2N2O3S2. The zero-order valence-corrected chi connectivity index (χ0v) is 14.2. The van der Waals surface area contributed by atoms with Crippen LogP contribution >= 0.6 is 11.8 Å². The molecule has 23 heavy (non-hydrogen) atoms. The van der Waals surface area contributed by atoms with Gasteiger partial charge in [-0.15, -0.1) is 0 Å². The molecule has 0 aliphatic carbocycles. The van der Waals surface area contributed by atoms with E-state index in [9.17, 15) is 22.0 Å². The number of halogens is 2. The molecule has 0 atom stereocenters. The van der Waals surface area contributed by atoms with Crippen LogP contribution < -0.4 is 0 Å². The van der Waals surface area contributed by atoms with Crippen LogP contribution in [0.1, 0.15) is 16.8 Å². The molecule has 1 fully saturated rings. The normalized spacial score (nSPS) is 17.3. The van der Waals surface area contributed by atoms with Gasteiger partial charge < -0.3 is 4.90 Å². The molecule has 1 aliphatic heterocycles. The van der Waals surface area contributed by atoms with Crippen molar-refractivity contribution in [3.63, 3.8) is 0 Å². The van der Waals surface area contributed by atoms with Crippen LogP contribution in [-0.4, -0.2) is 61.7 Å². The molecule has 2 rings (SSSR count). The lowest BCUT2D eigenvalue weighted by Gasteiger charge is -2.21. The minimum Gasteiger partial charge on any atom is -0.337 e. The van der Waals surface area contributed by atoms with Gasteiger partial charge in [-0.05, 0) is 30.7 Å². The number of thioether (sulfide) groups is 1. The summed E-state index contributed by atoms with van der Waals surface area (Å²) in [5.41, 5.74) is 0.413. The summed E-state index contributed by atoms with van der Waals surface area (Å²) < 4.78 is 49.1. The van der Waals surface area contributed by atoms with Crippen LogP contribution in [0.4, 0.5) is 8.78 Å². The van der Waals surface area contributed by atoms with Crippen molar-refractivity contribution in [1.82, 2.24) is 9.21 Å². The Kier molecular flexibility index (Phi) is 5.99. The van der Waals surface area contributed by atoms with Crippen LogP contribution in [0.15, 0.2) is 29.2 Å². The van der Waals surface area contributed by atoms with Gasteiger partial charge in [0.25, 0.3) is 11.7 Å². The Morgan fingerprint density at radius 2 is 1.78 bits per heavy atom. The van der Waals surface area contributed by atoms with Crippen LogP contribution in [0.25, 0.3) is 0 Å². The maximum Gasteiger partial charge on any atom is 0.288 e. The quantitative estimate of drug-likeness (QED) is 0.768. The lowest BCUT2D eigenvalue weighted by molar-refractivity contribution is 0.0764. The molecule has 1 aliphatic rings. The average molecular weight is 364 g/mol. The summed E-state index contributed by atoms with van der Waals surface area (Å²) in [6, 6.07) is 6.02. The van der Waals surface area contributed by atoms with Crippen molar-refractivity contribution in [2.24, 2.45) is 0 Å².